The highest BCUT2D eigenvalue weighted by Gasteiger charge is 2.19. The lowest BCUT2D eigenvalue weighted by atomic mass is 10.1. The summed E-state index contributed by atoms with van der Waals surface area (Å²) in [5.74, 6) is -0.409. The molecule has 122 valence electrons. The molecule has 0 saturated heterocycles. The molecular formula is C13H16N6O4. The van der Waals surface area contributed by atoms with Gasteiger partial charge in [-0.1, -0.05) is 12.0 Å². The number of nitrogens with one attached hydrogen (secondary N) is 1. The minimum atomic E-state index is -0.600. The van der Waals surface area contributed by atoms with E-state index in [4.69, 9.17) is 4.74 Å². The van der Waals surface area contributed by atoms with E-state index in [2.05, 4.69) is 20.7 Å². The topological polar surface area (TPSA) is 125 Å². The van der Waals surface area contributed by atoms with Crippen LogP contribution in [0.25, 0.3) is 0 Å². The third-order valence-corrected chi connectivity index (χ3v) is 2.82. The third-order valence-electron chi connectivity index (χ3n) is 2.82. The molecule has 0 radical (unpaired) electrons. The van der Waals surface area contributed by atoms with Crippen LogP contribution in [0.1, 0.15) is 30.6 Å². The number of carbonyl (C=O) groups is 1. The lowest BCUT2D eigenvalue weighted by Crippen LogP contribution is -2.14. The third kappa shape index (κ3) is 3.99. The molecule has 10 nitrogen and oxygen atoms in total. The maximum absolute atomic E-state index is 12.1. The first-order valence-electron chi connectivity index (χ1n) is 7.05. The number of tetrazole rings is 1. The Balaban J connectivity index is 2.18. The smallest absolute Gasteiger partial charge is 0.311 e. The van der Waals surface area contributed by atoms with Gasteiger partial charge >= 0.3 is 5.69 Å². The van der Waals surface area contributed by atoms with E-state index >= 15 is 0 Å². The van der Waals surface area contributed by atoms with E-state index in [1.807, 2.05) is 6.92 Å². The molecule has 0 aliphatic rings. The first kappa shape index (κ1) is 16.3. The van der Waals surface area contributed by atoms with E-state index in [-0.39, 0.29) is 29.6 Å². The number of benzene rings is 1. The molecule has 0 bridgehead atoms. The summed E-state index contributed by atoms with van der Waals surface area (Å²) in [5.41, 5.74) is -0.172. The monoisotopic (exact) mass is 320 g/mol. The van der Waals surface area contributed by atoms with Crippen molar-refractivity contribution in [3.63, 3.8) is 0 Å². The summed E-state index contributed by atoms with van der Waals surface area (Å²) < 4.78 is 5.17. The summed E-state index contributed by atoms with van der Waals surface area (Å²) in [4.78, 5) is 24.0. The Labute approximate surface area is 131 Å². The van der Waals surface area contributed by atoms with Crippen molar-refractivity contribution >= 4 is 17.5 Å². The summed E-state index contributed by atoms with van der Waals surface area (Å²) in [7, 11) is 0. The van der Waals surface area contributed by atoms with Crippen LogP contribution < -0.4 is 10.1 Å². The lowest BCUT2D eigenvalue weighted by Gasteiger charge is -2.06. The zero-order valence-corrected chi connectivity index (χ0v) is 12.7. The molecule has 0 saturated carbocycles. The highest BCUT2D eigenvalue weighted by molar-refractivity contribution is 6.03. The van der Waals surface area contributed by atoms with Crippen LogP contribution >= 0.6 is 0 Å². The molecule has 0 aliphatic heterocycles. The summed E-state index contributed by atoms with van der Waals surface area (Å²) in [6.45, 7) is 4.55. The number of aryl methyl sites for hydroxylation is 1. The number of ether oxygens (including phenoxy) is 1. The van der Waals surface area contributed by atoms with Gasteiger partial charge in [-0.05, 0) is 30.7 Å². The molecule has 1 N–H and O–H groups in total. The standard InChI is InChI=1S/C13H16N6O4/c1-3-7-18-16-13(15-17-18)14-12(20)9-5-6-11(23-4-2)10(8-9)19(21)22/h5-6,8H,3-4,7H2,1-2H3,(H,14,16,20). The fraction of sp³-hybridized carbons (Fsp3) is 0.385. The highest BCUT2D eigenvalue weighted by Crippen LogP contribution is 2.28. The van der Waals surface area contributed by atoms with Gasteiger partial charge in [-0.15, -0.1) is 5.10 Å². The van der Waals surface area contributed by atoms with Crippen LogP contribution in [0.4, 0.5) is 11.6 Å². The number of amides is 1. The van der Waals surface area contributed by atoms with E-state index in [0.29, 0.717) is 6.54 Å². The number of carbonyl (C=O) groups excluding carboxylic acids is 1. The van der Waals surface area contributed by atoms with Crippen LogP contribution in [-0.4, -0.2) is 37.6 Å². The van der Waals surface area contributed by atoms with Gasteiger partial charge in [0.15, 0.2) is 5.75 Å². The Hall–Kier alpha value is -3.04. The van der Waals surface area contributed by atoms with Crippen molar-refractivity contribution in [2.75, 3.05) is 11.9 Å². The maximum atomic E-state index is 12.1. The van der Waals surface area contributed by atoms with Crippen LogP contribution in [0, 0.1) is 10.1 Å². The number of hydrogen-bond donors (Lipinski definition) is 1. The van der Waals surface area contributed by atoms with Gasteiger partial charge < -0.3 is 4.74 Å². The summed E-state index contributed by atoms with van der Waals surface area (Å²) >= 11 is 0. The number of rotatable bonds is 7. The zero-order valence-electron chi connectivity index (χ0n) is 12.7. The predicted octanol–water partition coefficient (Wildman–Crippen LogP) is 1.64. The summed E-state index contributed by atoms with van der Waals surface area (Å²) in [6, 6.07) is 3.97. The van der Waals surface area contributed by atoms with Crippen molar-refractivity contribution in [2.45, 2.75) is 26.8 Å². The van der Waals surface area contributed by atoms with Gasteiger partial charge in [-0.25, -0.2) is 0 Å². The van der Waals surface area contributed by atoms with E-state index in [1.54, 1.807) is 6.92 Å². The minimum Gasteiger partial charge on any atom is -0.487 e. The summed E-state index contributed by atoms with van der Waals surface area (Å²) in [5, 5.41) is 24.9. The van der Waals surface area contributed by atoms with Crippen molar-refractivity contribution in [1.82, 2.24) is 20.2 Å². The number of anilines is 1. The van der Waals surface area contributed by atoms with E-state index < -0.39 is 10.8 Å². The number of nitro benzene ring substituents is 1. The second-order valence-corrected chi connectivity index (χ2v) is 4.54. The van der Waals surface area contributed by atoms with Crippen molar-refractivity contribution in [2.24, 2.45) is 0 Å². The van der Waals surface area contributed by atoms with Crippen molar-refractivity contribution in [3.05, 3.63) is 33.9 Å². The fourth-order valence-corrected chi connectivity index (χ4v) is 1.84. The van der Waals surface area contributed by atoms with Crippen molar-refractivity contribution in [3.8, 4) is 5.75 Å². The van der Waals surface area contributed by atoms with E-state index in [0.717, 1.165) is 12.5 Å². The van der Waals surface area contributed by atoms with Gasteiger partial charge in [0.05, 0.1) is 18.1 Å². The second kappa shape index (κ2) is 7.29. The number of nitro groups is 1. The molecule has 23 heavy (non-hydrogen) atoms. The Bertz CT molecular complexity index is 714. The number of hydrogen-bond acceptors (Lipinski definition) is 7. The molecule has 0 unspecified atom stereocenters. The summed E-state index contributed by atoms with van der Waals surface area (Å²) in [6.07, 6.45) is 0.828. The first-order chi connectivity index (χ1) is 11.0. The molecule has 0 aliphatic carbocycles. The molecular weight excluding hydrogens is 304 g/mol. The molecule has 0 atom stereocenters. The van der Waals surface area contributed by atoms with Crippen LogP contribution in [0.2, 0.25) is 0 Å². The Morgan fingerprint density at radius 3 is 2.87 bits per heavy atom. The second-order valence-electron chi connectivity index (χ2n) is 4.54. The molecule has 2 aromatic rings. The van der Waals surface area contributed by atoms with Crippen LogP contribution in [-0.2, 0) is 6.54 Å². The fourth-order valence-electron chi connectivity index (χ4n) is 1.84. The molecule has 2 rings (SSSR count). The molecule has 1 amide bonds. The quantitative estimate of drug-likeness (QED) is 0.607. The SMILES string of the molecule is CCCn1nnc(NC(=O)c2ccc(OCC)c([N+](=O)[O-])c2)n1. The van der Waals surface area contributed by atoms with Gasteiger partial charge in [-0.2, -0.15) is 4.80 Å². The number of aromatic nitrogens is 4. The number of nitrogens with zero attached hydrogens (tertiary/aromatic N) is 5. The van der Waals surface area contributed by atoms with Gasteiger partial charge in [0, 0.05) is 11.6 Å². The molecule has 0 spiro atoms. The Morgan fingerprint density at radius 2 is 2.22 bits per heavy atom. The average Bonchev–Trinajstić information content (AvgIpc) is 2.95. The first-order valence-corrected chi connectivity index (χ1v) is 7.05. The van der Waals surface area contributed by atoms with Gasteiger partial charge in [0.25, 0.3) is 11.9 Å². The Morgan fingerprint density at radius 1 is 1.43 bits per heavy atom. The minimum absolute atomic E-state index is 0.0417. The molecule has 1 aromatic heterocycles. The maximum Gasteiger partial charge on any atom is 0.311 e. The lowest BCUT2D eigenvalue weighted by molar-refractivity contribution is -0.385. The van der Waals surface area contributed by atoms with E-state index in [9.17, 15) is 14.9 Å². The largest absolute Gasteiger partial charge is 0.487 e. The zero-order chi connectivity index (χ0) is 16.8. The van der Waals surface area contributed by atoms with Gasteiger partial charge in [-0.3, -0.25) is 20.2 Å². The van der Waals surface area contributed by atoms with Crippen LogP contribution in [0.5, 0.6) is 5.75 Å². The molecule has 10 heteroatoms. The van der Waals surface area contributed by atoms with Crippen molar-refractivity contribution < 1.29 is 14.5 Å². The molecule has 1 aromatic carbocycles. The van der Waals surface area contributed by atoms with Crippen molar-refractivity contribution in [1.29, 1.82) is 0 Å². The average molecular weight is 320 g/mol. The van der Waals surface area contributed by atoms with Gasteiger partial charge in [0.1, 0.15) is 0 Å². The van der Waals surface area contributed by atoms with E-state index in [1.165, 1.54) is 16.9 Å². The molecule has 0 fully saturated rings. The molecule has 1 heterocycles. The van der Waals surface area contributed by atoms with Crippen LogP contribution in [0.15, 0.2) is 18.2 Å². The highest BCUT2D eigenvalue weighted by atomic mass is 16.6. The predicted molar refractivity (Wildman–Crippen MR) is 80.3 cm³/mol. The van der Waals surface area contributed by atoms with Gasteiger partial charge in [0.2, 0.25) is 0 Å². The Kier molecular flexibility index (Phi) is 5.18. The normalized spacial score (nSPS) is 10.3. The van der Waals surface area contributed by atoms with Crippen LogP contribution in [0.3, 0.4) is 0 Å².